The first-order valence-corrected chi connectivity index (χ1v) is 4.66. The molecule has 0 bridgehead atoms. The third kappa shape index (κ3) is 69.0. The molecule has 0 saturated heterocycles. The van der Waals surface area contributed by atoms with Crippen molar-refractivity contribution in [3.63, 3.8) is 0 Å². The summed E-state index contributed by atoms with van der Waals surface area (Å²) in [5.41, 5.74) is 0. The van der Waals surface area contributed by atoms with Gasteiger partial charge in [-0.05, 0) is 0 Å². The molecule has 0 heterocycles. The fraction of sp³-hybridized carbons (Fsp3) is 1.00. The molecule has 1 N–H and O–H groups in total. The van der Waals surface area contributed by atoms with Crippen molar-refractivity contribution < 1.29 is 28.8 Å². The molecule has 0 aliphatic carbocycles. The number of aliphatic hydroxyl groups excluding tert-OH is 1. The summed E-state index contributed by atoms with van der Waals surface area (Å²) in [6, 6.07) is 0. The molecule has 0 aliphatic rings. The average molecular weight is 276 g/mol. The molecule has 6 nitrogen and oxygen atoms in total. The van der Waals surface area contributed by atoms with Crippen molar-refractivity contribution >= 4 is 58.0 Å². The summed E-state index contributed by atoms with van der Waals surface area (Å²) in [7, 11) is 0.767. The molecule has 0 unspecified atom stereocenters. The van der Waals surface area contributed by atoms with Gasteiger partial charge >= 0.3 is 37.7 Å². The van der Waals surface area contributed by atoms with Crippen LogP contribution in [0.4, 0.5) is 0 Å². The largest absolute Gasteiger partial charge is 2.00 e. The van der Waals surface area contributed by atoms with Crippen LogP contribution in [0.25, 0.3) is 0 Å². The van der Waals surface area contributed by atoms with E-state index in [1.54, 1.807) is 0 Å². The summed E-state index contributed by atoms with van der Waals surface area (Å²) < 4.78 is 9.39. The molecular weight excluding hydrogens is 261 g/mol. The average Bonchev–Trinajstić information content (AvgIpc) is 1.54. The van der Waals surface area contributed by atoms with Crippen LogP contribution in [-0.4, -0.2) is 81.6 Å². The van der Waals surface area contributed by atoms with Crippen molar-refractivity contribution in [1.82, 2.24) is 0 Å². The first-order chi connectivity index (χ1) is 5.06. The van der Waals surface area contributed by atoms with Crippen LogP contribution in [0.5, 0.6) is 0 Å². The summed E-state index contributed by atoms with van der Waals surface area (Å²) in [4.78, 5) is 25.6. The van der Waals surface area contributed by atoms with Gasteiger partial charge in [-0.2, -0.15) is 7.82 Å². The van der Waals surface area contributed by atoms with Crippen molar-refractivity contribution in [2.45, 2.75) is 0 Å². The first kappa shape index (κ1) is 24.7. The Morgan fingerprint density at radius 2 is 1.43 bits per heavy atom. The van der Waals surface area contributed by atoms with E-state index in [9.17, 15) is 0 Å². The van der Waals surface area contributed by atoms with E-state index in [1.165, 1.54) is 0 Å². The van der Waals surface area contributed by atoms with Gasteiger partial charge in [0.15, 0.2) is 0 Å². The second-order valence-corrected chi connectivity index (χ2v) is 4.08. The summed E-state index contributed by atoms with van der Waals surface area (Å²) in [6.45, 7) is 1.11. The van der Waals surface area contributed by atoms with E-state index in [2.05, 4.69) is 21.1 Å². The summed E-state index contributed by atoms with van der Waals surface area (Å²) >= 11 is 0. The smallest absolute Gasteiger partial charge is 0.822 e. The molecule has 0 saturated carbocycles. The van der Waals surface area contributed by atoms with Crippen LogP contribution in [-0.2, 0) is 4.57 Å². The summed E-state index contributed by atoms with van der Waals surface area (Å²) in [5.74, 6) is 0. The predicted octanol–water partition coefficient (Wildman–Crippen LogP) is -3.10. The third-order valence-electron chi connectivity index (χ3n) is 0.771. The molecule has 0 fully saturated rings. The van der Waals surface area contributed by atoms with Gasteiger partial charge in [0.1, 0.15) is 6.54 Å². The minimum atomic E-state index is -5.39. The number of halogens is 1. The molecule has 0 aromatic heterocycles. The van der Waals surface area contributed by atoms with Crippen molar-refractivity contribution in [1.29, 1.82) is 0 Å². The Kier molecular flexibility index (Phi) is 19.5. The molecule has 0 spiro atoms. The van der Waals surface area contributed by atoms with Gasteiger partial charge in [-0.25, -0.2) is 0 Å². The van der Waals surface area contributed by atoms with E-state index in [4.69, 9.17) is 24.4 Å². The van der Waals surface area contributed by atoms with Gasteiger partial charge in [0.05, 0.1) is 27.7 Å². The van der Waals surface area contributed by atoms with Gasteiger partial charge in [0.25, 0.3) is 0 Å². The third-order valence-corrected chi connectivity index (χ3v) is 0.771. The Bertz CT molecular complexity index is 150. The van der Waals surface area contributed by atoms with E-state index in [0.29, 0.717) is 0 Å². The topological polar surface area (TPSA) is 106 Å². The van der Waals surface area contributed by atoms with Gasteiger partial charge in [-0.3, -0.25) is 0 Å². The number of nitrogens with zero attached hydrogens (tertiary/aromatic N) is 1. The van der Waals surface area contributed by atoms with Gasteiger partial charge in [-0.1, -0.05) is 0 Å². The van der Waals surface area contributed by atoms with E-state index in [1.807, 2.05) is 0 Å². The van der Waals surface area contributed by atoms with Crippen LogP contribution in [0.15, 0.2) is 0 Å². The van der Waals surface area contributed by atoms with E-state index < -0.39 is 7.82 Å². The maximum absolute atomic E-state index is 8.55. The van der Waals surface area contributed by atoms with Gasteiger partial charge < -0.3 is 28.8 Å². The van der Waals surface area contributed by atoms with Crippen molar-refractivity contribution in [2.75, 3.05) is 34.3 Å². The molecule has 84 valence electrons. The Morgan fingerprint density at radius 3 is 1.43 bits per heavy atom. The first-order valence-electron chi connectivity index (χ1n) is 3.20. The molecule has 0 aromatic rings. The normalized spacial score (nSPS) is 10.2. The zero-order valence-electron chi connectivity index (χ0n) is 8.50. The van der Waals surface area contributed by atoms with Crippen LogP contribution >= 0.6 is 20.2 Å². The van der Waals surface area contributed by atoms with E-state index in [0.717, 1.165) is 11.0 Å². The minimum absolute atomic E-state index is 0. The molecular formula is C5H15CaClNO5P. The maximum atomic E-state index is 8.55. The van der Waals surface area contributed by atoms with Crippen LogP contribution < -0.4 is 14.7 Å². The van der Waals surface area contributed by atoms with Crippen LogP contribution in [0.2, 0.25) is 0 Å². The monoisotopic (exact) mass is 275 g/mol. The fourth-order valence-corrected chi connectivity index (χ4v) is 0.300. The quantitative estimate of drug-likeness (QED) is 0.326. The maximum Gasteiger partial charge on any atom is 2.00 e. The van der Waals surface area contributed by atoms with E-state index >= 15 is 0 Å². The minimum Gasteiger partial charge on any atom is -0.822 e. The Balaban J connectivity index is -0.0000000651. The molecule has 9 heteroatoms. The molecule has 0 amide bonds. The SMILES string of the molecule is C[N+](C)(C)CCO.Cl.O=P([O-])([O-])[O-].[Ca+2]. The summed E-state index contributed by atoms with van der Waals surface area (Å²) in [5, 5.41) is 8.39. The predicted molar refractivity (Wildman–Crippen MR) is 50.6 cm³/mol. The Labute approximate surface area is 120 Å². The second kappa shape index (κ2) is 11.1. The Morgan fingerprint density at radius 1 is 1.21 bits per heavy atom. The molecule has 0 atom stereocenters. The zero-order chi connectivity index (χ0) is 10.4. The number of hydrogen-bond donors (Lipinski definition) is 1. The van der Waals surface area contributed by atoms with Crippen molar-refractivity contribution in [3.05, 3.63) is 0 Å². The van der Waals surface area contributed by atoms with Gasteiger partial charge in [0, 0.05) is 0 Å². The number of quaternary nitrogens is 1. The number of aliphatic hydroxyl groups is 1. The molecule has 0 rings (SSSR count). The standard InChI is InChI=1S/C5H14NO.Ca.ClH.H3O4P/c1-6(2,3)4-5-7;;;1-5(2,3)4/h7H,4-5H2,1-3H3;;1H;(H3,1,2,3,4)/q+1;+2;;/p-3. The van der Waals surface area contributed by atoms with Crippen LogP contribution in [0.3, 0.4) is 0 Å². The second-order valence-electron chi connectivity index (χ2n) is 3.18. The molecule has 0 aromatic carbocycles. The number of likely N-dealkylation sites (N-methyl/N-ethyl adjacent to an activating group) is 1. The number of rotatable bonds is 2. The van der Waals surface area contributed by atoms with Crippen molar-refractivity contribution in [3.8, 4) is 0 Å². The van der Waals surface area contributed by atoms with Crippen LogP contribution in [0.1, 0.15) is 0 Å². The molecule has 0 radical (unpaired) electrons. The van der Waals surface area contributed by atoms with Crippen LogP contribution in [0, 0.1) is 0 Å². The van der Waals surface area contributed by atoms with Gasteiger partial charge in [-0.15, -0.1) is 12.4 Å². The zero-order valence-corrected chi connectivity index (χ0v) is 12.4. The Hall–Kier alpha value is 1.58. The summed E-state index contributed by atoms with van der Waals surface area (Å²) in [6.07, 6.45) is 0. The van der Waals surface area contributed by atoms with Crippen molar-refractivity contribution in [2.24, 2.45) is 0 Å². The molecule has 0 aliphatic heterocycles. The van der Waals surface area contributed by atoms with Gasteiger partial charge in [0.2, 0.25) is 0 Å². The number of phosphoric acid groups is 1. The number of hydrogen-bond acceptors (Lipinski definition) is 5. The van der Waals surface area contributed by atoms with E-state index in [-0.39, 0.29) is 56.8 Å². The fourth-order valence-electron chi connectivity index (χ4n) is 0.300. The molecule has 14 heavy (non-hydrogen) atoms.